The number of piperidine rings is 1. The van der Waals surface area contributed by atoms with Crippen LogP contribution < -0.4 is 0 Å². The number of carbonyl (C=O) groups is 1. The topological polar surface area (TPSA) is 52.2 Å². The molecule has 160 valence electrons. The van der Waals surface area contributed by atoms with E-state index in [4.69, 9.17) is 0 Å². The van der Waals surface area contributed by atoms with Gasteiger partial charge in [-0.15, -0.1) is 0 Å². The molecule has 1 aromatic carbocycles. The number of halogens is 3. The van der Waals surface area contributed by atoms with Crippen molar-refractivity contribution in [2.75, 3.05) is 19.6 Å². The zero-order valence-corrected chi connectivity index (χ0v) is 16.9. The zero-order valence-electron chi connectivity index (χ0n) is 16.9. The largest absolute Gasteiger partial charge is 0.416 e. The number of rotatable bonds is 3. The van der Waals surface area contributed by atoms with Gasteiger partial charge in [0.15, 0.2) is 5.69 Å². The Morgan fingerprint density at radius 1 is 1.17 bits per heavy atom. The first kappa shape index (κ1) is 20.5. The summed E-state index contributed by atoms with van der Waals surface area (Å²) in [6.07, 6.45) is -2.63. The number of allylic oxidation sites excluding steroid dienone is 1. The second-order valence-corrected chi connectivity index (χ2v) is 8.09. The van der Waals surface area contributed by atoms with Crippen LogP contribution in [-0.4, -0.2) is 45.5 Å². The first-order valence-corrected chi connectivity index (χ1v) is 10.2. The van der Waals surface area contributed by atoms with E-state index in [1.165, 1.54) is 6.07 Å². The number of aromatic nitrogens is 2. The van der Waals surface area contributed by atoms with Crippen LogP contribution in [0.4, 0.5) is 13.2 Å². The van der Waals surface area contributed by atoms with Crippen molar-refractivity contribution in [1.29, 1.82) is 0 Å². The predicted octanol–water partition coefficient (Wildman–Crippen LogP) is 4.34. The predicted molar refractivity (Wildman–Crippen MR) is 107 cm³/mol. The minimum Gasteiger partial charge on any atom is -0.369 e. The number of fused-ring (bicyclic) bond motifs is 1. The van der Waals surface area contributed by atoms with Gasteiger partial charge in [-0.1, -0.05) is 24.8 Å². The fourth-order valence-corrected chi connectivity index (χ4v) is 4.48. The van der Waals surface area contributed by atoms with Gasteiger partial charge in [0.1, 0.15) is 0 Å². The highest BCUT2D eigenvalue weighted by atomic mass is 19.4. The minimum atomic E-state index is -4.37. The Bertz CT molecular complexity index is 958. The van der Waals surface area contributed by atoms with Gasteiger partial charge in [-0.2, -0.15) is 18.3 Å². The molecule has 1 fully saturated rings. The Balaban J connectivity index is 1.45. The van der Waals surface area contributed by atoms with E-state index in [2.05, 4.69) is 21.7 Å². The van der Waals surface area contributed by atoms with Gasteiger partial charge >= 0.3 is 6.18 Å². The third-order valence-electron chi connectivity index (χ3n) is 6.16. The van der Waals surface area contributed by atoms with Crippen molar-refractivity contribution in [2.24, 2.45) is 0 Å². The molecule has 4 rings (SSSR count). The summed E-state index contributed by atoms with van der Waals surface area (Å²) in [6.45, 7) is 8.22. The monoisotopic (exact) mass is 418 g/mol. The maximum Gasteiger partial charge on any atom is 0.416 e. The smallest absolute Gasteiger partial charge is 0.369 e. The number of nitrogens with zero attached hydrogens (tertiary/aromatic N) is 3. The molecule has 1 aromatic heterocycles. The number of hydrogen-bond acceptors (Lipinski definition) is 3. The molecule has 5 nitrogen and oxygen atoms in total. The van der Waals surface area contributed by atoms with Crippen LogP contribution in [-0.2, 0) is 19.1 Å². The summed E-state index contributed by atoms with van der Waals surface area (Å²) in [4.78, 5) is 16.9. The lowest BCUT2D eigenvalue weighted by atomic mass is 9.86. The van der Waals surface area contributed by atoms with E-state index in [9.17, 15) is 18.0 Å². The average molecular weight is 418 g/mol. The van der Waals surface area contributed by atoms with Crippen molar-refractivity contribution >= 4 is 5.91 Å². The molecule has 0 spiro atoms. The molecular formula is C22H25F3N4O. The first-order valence-electron chi connectivity index (χ1n) is 10.2. The number of nitrogens with one attached hydrogen (secondary N) is 1. The highest BCUT2D eigenvalue weighted by Gasteiger charge is 2.36. The quantitative estimate of drug-likeness (QED) is 0.807. The SMILES string of the molecule is C=C(C)N1CCc2c(C(=O)N3CCC(c4ccccc4C(F)(F)F)CC3)n[nH]c2C1. The summed E-state index contributed by atoms with van der Waals surface area (Å²) in [6, 6.07) is 5.76. The van der Waals surface area contributed by atoms with Crippen molar-refractivity contribution in [3.63, 3.8) is 0 Å². The summed E-state index contributed by atoms with van der Waals surface area (Å²) in [5.74, 6) is -0.345. The number of aromatic amines is 1. The highest BCUT2D eigenvalue weighted by Crippen LogP contribution is 2.38. The summed E-state index contributed by atoms with van der Waals surface area (Å²) in [7, 11) is 0. The second-order valence-electron chi connectivity index (χ2n) is 8.09. The molecule has 1 N–H and O–H groups in total. The first-order chi connectivity index (χ1) is 14.3. The molecular weight excluding hydrogens is 393 g/mol. The van der Waals surface area contributed by atoms with Crippen LogP contribution in [0.2, 0.25) is 0 Å². The molecule has 0 radical (unpaired) electrons. The molecule has 8 heteroatoms. The van der Waals surface area contributed by atoms with E-state index in [1.807, 2.05) is 6.92 Å². The van der Waals surface area contributed by atoms with Gasteiger partial charge in [-0.05, 0) is 43.7 Å². The third-order valence-corrected chi connectivity index (χ3v) is 6.16. The molecule has 2 aliphatic rings. The van der Waals surface area contributed by atoms with Crippen LogP contribution in [0.5, 0.6) is 0 Å². The molecule has 2 aromatic rings. The Kier molecular flexibility index (Phi) is 5.34. The Hall–Kier alpha value is -2.77. The fourth-order valence-electron chi connectivity index (χ4n) is 4.48. The van der Waals surface area contributed by atoms with Crippen molar-refractivity contribution in [3.05, 3.63) is 64.6 Å². The zero-order chi connectivity index (χ0) is 21.5. The van der Waals surface area contributed by atoms with E-state index in [1.54, 1.807) is 17.0 Å². The number of benzene rings is 1. The average Bonchev–Trinajstić information content (AvgIpc) is 3.16. The van der Waals surface area contributed by atoms with E-state index < -0.39 is 11.7 Å². The Morgan fingerprint density at radius 2 is 1.87 bits per heavy atom. The van der Waals surface area contributed by atoms with Crippen molar-refractivity contribution < 1.29 is 18.0 Å². The van der Waals surface area contributed by atoms with E-state index >= 15 is 0 Å². The highest BCUT2D eigenvalue weighted by molar-refractivity contribution is 5.94. The minimum absolute atomic E-state index is 0.140. The van der Waals surface area contributed by atoms with Crippen LogP contribution in [0.25, 0.3) is 0 Å². The van der Waals surface area contributed by atoms with Gasteiger partial charge in [-0.25, -0.2) is 0 Å². The lowest BCUT2D eigenvalue weighted by Crippen LogP contribution is -2.39. The van der Waals surface area contributed by atoms with Crippen molar-refractivity contribution in [2.45, 2.75) is 44.8 Å². The molecule has 0 saturated carbocycles. The Morgan fingerprint density at radius 3 is 2.53 bits per heavy atom. The molecule has 30 heavy (non-hydrogen) atoms. The van der Waals surface area contributed by atoms with Gasteiger partial charge in [0, 0.05) is 30.9 Å². The number of carbonyl (C=O) groups excluding carboxylic acids is 1. The molecule has 0 atom stereocenters. The van der Waals surface area contributed by atoms with Gasteiger partial charge in [0.2, 0.25) is 0 Å². The number of alkyl halides is 3. The summed E-state index contributed by atoms with van der Waals surface area (Å²) in [5.41, 5.74) is 3.06. The number of hydrogen-bond donors (Lipinski definition) is 1. The fraction of sp³-hybridized carbons (Fsp3) is 0.455. The third kappa shape index (κ3) is 3.82. The molecule has 0 aliphatic carbocycles. The van der Waals surface area contributed by atoms with Crippen LogP contribution in [0.1, 0.15) is 58.6 Å². The van der Waals surface area contributed by atoms with Crippen LogP contribution in [0.3, 0.4) is 0 Å². The van der Waals surface area contributed by atoms with Crippen LogP contribution in [0.15, 0.2) is 36.5 Å². The molecule has 0 unspecified atom stereocenters. The number of amides is 1. The molecule has 1 amide bonds. The normalized spacial score (nSPS) is 17.7. The Labute approximate surface area is 173 Å². The lowest BCUT2D eigenvalue weighted by Gasteiger charge is -2.33. The van der Waals surface area contributed by atoms with Gasteiger partial charge in [0.25, 0.3) is 5.91 Å². The molecule has 0 bridgehead atoms. The molecule has 1 saturated heterocycles. The van der Waals surface area contributed by atoms with E-state index in [-0.39, 0.29) is 11.8 Å². The summed E-state index contributed by atoms with van der Waals surface area (Å²) >= 11 is 0. The maximum atomic E-state index is 13.3. The van der Waals surface area contributed by atoms with Crippen LogP contribution in [0, 0.1) is 0 Å². The van der Waals surface area contributed by atoms with Gasteiger partial charge in [0.05, 0.1) is 17.8 Å². The standard InChI is InChI=1S/C22H25F3N4O/c1-14(2)29-12-9-17-19(13-29)26-27-20(17)21(30)28-10-7-15(8-11-28)16-5-3-4-6-18(16)22(23,24)25/h3-6,15H,1,7-13H2,2H3,(H,26,27). The van der Waals surface area contributed by atoms with E-state index in [0.717, 1.165) is 36.0 Å². The van der Waals surface area contributed by atoms with Crippen molar-refractivity contribution in [3.8, 4) is 0 Å². The molecule has 2 aliphatic heterocycles. The maximum absolute atomic E-state index is 13.3. The van der Waals surface area contributed by atoms with Crippen molar-refractivity contribution in [1.82, 2.24) is 20.0 Å². The summed E-state index contributed by atoms with van der Waals surface area (Å²) < 4.78 is 40.0. The number of likely N-dealkylation sites (tertiary alicyclic amines) is 1. The van der Waals surface area contributed by atoms with Gasteiger partial charge < -0.3 is 9.80 Å². The lowest BCUT2D eigenvalue weighted by molar-refractivity contribution is -0.138. The van der Waals surface area contributed by atoms with E-state index in [0.29, 0.717) is 43.7 Å². The second kappa shape index (κ2) is 7.81. The van der Waals surface area contributed by atoms with Crippen LogP contribution >= 0.6 is 0 Å². The number of H-pyrrole nitrogens is 1. The molecule has 3 heterocycles. The van der Waals surface area contributed by atoms with Gasteiger partial charge in [-0.3, -0.25) is 9.89 Å². The summed E-state index contributed by atoms with van der Waals surface area (Å²) in [5, 5.41) is 7.25.